The summed E-state index contributed by atoms with van der Waals surface area (Å²) in [6.07, 6.45) is 2.01. The maximum atomic E-state index is 5.20. The third-order valence-corrected chi connectivity index (χ3v) is 2.46. The Balaban J connectivity index is 2.54. The summed E-state index contributed by atoms with van der Waals surface area (Å²) < 4.78 is 2.72. The highest BCUT2D eigenvalue weighted by Gasteiger charge is 1.98. The van der Waals surface area contributed by atoms with Crippen LogP contribution >= 0.6 is 12.2 Å². The fourth-order valence-electron chi connectivity index (χ4n) is 1.41. The standard InChI is InChI=1S/C11H12N2S/c1-8-3-5-10(6-4-8)13-7-9(2)12-11(13)14/h3-7H,1-2H3,(H,12,14). The van der Waals surface area contributed by atoms with Gasteiger partial charge in [-0.05, 0) is 38.2 Å². The number of nitrogens with zero attached hydrogens (tertiary/aromatic N) is 1. The van der Waals surface area contributed by atoms with Gasteiger partial charge < -0.3 is 4.98 Å². The minimum Gasteiger partial charge on any atom is -0.335 e. The third-order valence-electron chi connectivity index (χ3n) is 2.16. The van der Waals surface area contributed by atoms with E-state index >= 15 is 0 Å². The Kier molecular flexibility index (Phi) is 2.25. The second-order valence-corrected chi connectivity index (χ2v) is 3.83. The highest BCUT2D eigenvalue weighted by atomic mass is 32.1. The molecule has 2 rings (SSSR count). The van der Waals surface area contributed by atoms with Crippen LogP contribution in [-0.4, -0.2) is 9.55 Å². The van der Waals surface area contributed by atoms with Gasteiger partial charge in [0.2, 0.25) is 0 Å². The first-order valence-corrected chi connectivity index (χ1v) is 4.93. The van der Waals surface area contributed by atoms with Crippen molar-refractivity contribution in [2.24, 2.45) is 0 Å². The number of hydrogen-bond acceptors (Lipinski definition) is 1. The van der Waals surface area contributed by atoms with E-state index in [4.69, 9.17) is 12.2 Å². The van der Waals surface area contributed by atoms with Crippen molar-refractivity contribution in [1.29, 1.82) is 0 Å². The van der Waals surface area contributed by atoms with Crippen LogP contribution in [0.5, 0.6) is 0 Å². The molecule has 2 nitrogen and oxygen atoms in total. The SMILES string of the molecule is Cc1ccc(-n2cc(C)[nH]c2=S)cc1. The molecular weight excluding hydrogens is 192 g/mol. The van der Waals surface area contributed by atoms with E-state index < -0.39 is 0 Å². The molecule has 0 saturated heterocycles. The Bertz CT molecular complexity index is 491. The van der Waals surface area contributed by atoms with Gasteiger partial charge in [-0.25, -0.2) is 0 Å². The van der Waals surface area contributed by atoms with E-state index in [9.17, 15) is 0 Å². The van der Waals surface area contributed by atoms with E-state index in [2.05, 4.69) is 36.2 Å². The van der Waals surface area contributed by atoms with Crippen molar-refractivity contribution in [2.45, 2.75) is 13.8 Å². The minimum atomic E-state index is 0.742. The summed E-state index contributed by atoms with van der Waals surface area (Å²) in [5.74, 6) is 0. The Hall–Kier alpha value is -1.35. The Morgan fingerprint density at radius 3 is 2.29 bits per heavy atom. The van der Waals surface area contributed by atoms with Gasteiger partial charge in [-0.2, -0.15) is 0 Å². The molecule has 0 radical (unpaired) electrons. The van der Waals surface area contributed by atoms with Crippen molar-refractivity contribution in [3.63, 3.8) is 0 Å². The maximum Gasteiger partial charge on any atom is 0.181 e. The number of aromatic amines is 1. The normalized spacial score (nSPS) is 10.4. The van der Waals surface area contributed by atoms with Gasteiger partial charge >= 0.3 is 0 Å². The first kappa shape index (κ1) is 9.21. The third kappa shape index (κ3) is 1.63. The molecule has 1 aromatic carbocycles. The molecule has 0 saturated carbocycles. The predicted octanol–water partition coefficient (Wildman–Crippen LogP) is 3.15. The molecule has 1 heterocycles. The van der Waals surface area contributed by atoms with Gasteiger partial charge in [0, 0.05) is 17.6 Å². The highest BCUT2D eigenvalue weighted by Crippen LogP contribution is 2.10. The molecule has 0 unspecified atom stereocenters. The van der Waals surface area contributed by atoms with Crippen LogP contribution in [0.4, 0.5) is 0 Å². The zero-order valence-corrected chi connectivity index (χ0v) is 9.06. The largest absolute Gasteiger partial charge is 0.335 e. The molecule has 72 valence electrons. The van der Waals surface area contributed by atoms with Gasteiger partial charge in [0.15, 0.2) is 4.77 Å². The number of nitrogens with one attached hydrogen (secondary N) is 1. The number of aromatic nitrogens is 2. The molecule has 0 aliphatic heterocycles. The molecule has 1 N–H and O–H groups in total. The quantitative estimate of drug-likeness (QED) is 0.708. The second-order valence-electron chi connectivity index (χ2n) is 3.45. The van der Waals surface area contributed by atoms with Crippen molar-refractivity contribution in [2.75, 3.05) is 0 Å². The van der Waals surface area contributed by atoms with E-state index in [1.807, 2.05) is 17.7 Å². The monoisotopic (exact) mass is 204 g/mol. The van der Waals surface area contributed by atoms with Crippen LogP contribution in [0.3, 0.4) is 0 Å². The van der Waals surface area contributed by atoms with Gasteiger partial charge in [0.1, 0.15) is 0 Å². The summed E-state index contributed by atoms with van der Waals surface area (Å²) >= 11 is 5.20. The van der Waals surface area contributed by atoms with Crippen LogP contribution < -0.4 is 0 Å². The Morgan fingerprint density at radius 1 is 1.14 bits per heavy atom. The predicted molar refractivity (Wildman–Crippen MR) is 60.4 cm³/mol. The van der Waals surface area contributed by atoms with Crippen LogP contribution in [0.15, 0.2) is 30.5 Å². The van der Waals surface area contributed by atoms with Crippen LogP contribution in [0.1, 0.15) is 11.3 Å². The first-order chi connectivity index (χ1) is 6.66. The van der Waals surface area contributed by atoms with Crippen molar-refractivity contribution in [3.8, 4) is 5.69 Å². The van der Waals surface area contributed by atoms with E-state index in [1.165, 1.54) is 5.56 Å². The Morgan fingerprint density at radius 2 is 1.79 bits per heavy atom. The van der Waals surface area contributed by atoms with Crippen molar-refractivity contribution in [3.05, 3.63) is 46.5 Å². The zero-order valence-electron chi connectivity index (χ0n) is 8.24. The lowest BCUT2D eigenvalue weighted by molar-refractivity contribution is 1.03. The lowest BCUT2D eigenvalue weighted by Crippen LogP contribution is -1.91. The summed E-state index contributed by atoms with van der Waals surface area (Å²) in [7, 11) is 0. The molecule has 0 spiro atoms. The van der Waals surface area contributed by atoms with Gasteiger partial charge in [0.05, 0.1) is 0 Å². The fourth-order valence-corrected chi connectivity index (χ4v) is 1.73. The van der Waals surface area contributed by atoms with Crippen LogP contribution in [0, 0.1) is 18.6 Å². The molecule has 14 heavy (non-hydrogen) atoms. The van der Waals surface area contributed by atoms with Crippen LogP contribution in [0.2, 0.25) is 0 Å². The van der Waals surface area contributed by atoms with E-state index in [-0.39, 0.29) is 0 Å². The number of benzene rings is 1. The number of hydrogen-bond donors (Lipinski definition) is 1. The van der Waals surface area contributed by atoms with Gasteiger partial charge in [-0.3, -0.25) is 4.57 Å². The number of aryl methyl sites for hydroxylation is 2. The lowest BCUT2D eigenvalue weighted by Gasteiger charge is -2.01. The van der Waals surface area contributed by atoms with E-state index in [0.29, 0.717) is 0 Å². The van der Waals surface area contributed by atoms with Crippen molar-refractivity contribution >= 4 is 12.2 Å². The summed E-state index contributed by atoms with van der Waals surface area (Å²) in [5, 5.41) is 0. The highest BCUT2D eigenvalue weighted by molar-refractivity contribution is 7.71. The topological polar surface area (TPSA) is 20.7 Å². The summed E-state index contributed by atoms with van der Waals surface area (Å²) in [5.41, 5.74) is 3.44. The molecule has 0 amide bonds. The van der Waals surface area contributed by atoms with Gasteiger partial charge in [-0.1, -0.05) is 17.7 Å². The van der Waals surface area contributed by atoms with E-state index in [1.54, 1.807) is 0 Å². The average molecular weight is 204 g/mol. The minimum absolute atomic E-state index is 0.742. The smallest absolute Gasteiger partial charge is 0.181 e. The molecule has 1 aromatic heterocycles. The molecule has 0 atom stereocenters. The molecule has 0 bridgehead atoms. The van der Waals surface area contributed by atoms with E-state index in [0.717, 1.165) is 16.2 Å². The number of imidazole rings is 1. The van der Waals surface area contributed by atoms with Crippen molar-refractivity contribution in [1.82, 2.24) is 9.55 Å². The van der Waals surface area contributed by atoms with Crippen molar-refractivity contribution < 1.29 is 0 Å². The zero-order chi connectivity index (χ0) is 10.1. The fraction of sp³-hybridized carbons (Fsp3) is 0.182. The molecule has 0 aliphatic carbocycles. The summed E-state index contributed by atoms with van der Waals surface area (Å²) in [6.45, 7) is 4.08. The van der Waals surface area contributed by atoms with Gasteiger partial charge in [0.25, 0.3) is 0 Å². The first-order valence-electron chi connectivity index (χ1n) is 4.52. The van der Waals surface area contributed by atoms with Crippen LogP contribution in [0.25, 0.3) is 5.69 Å². The number of H-pyrrole nitrogens is 1. The average Bonchev–Trinajstić information content (AvgIpc) is 2.47. The maximum absolute atomic E-state index is 5.20. The second kappa shape index (κ2) is 3.42. The van der Waals surface area contributed by atoms with Gasteiger partial charge in [-0.15, -0.1) is 0 Å². The molecular formula is C11H12N2S. The molecule has 3 heteroatoms. The van der Waals surface area contributed by atoms with Crippen LogP contribution in [-0.2, 0) is 0 Å². The Labute approximate surface area is 88.2 Å². The summed E-state index contributed by atoms with van der Waals surface area (Å²) in [6, 6.07) is 8.30. The summed E-state index contributed by atoms with van der Waals surface area (Å²) in [4.78, 5) is 3.10. The number of rotatable bonds is 1. The molecule has 0 fully saturated rings. The lowest BCUT2D eigenvalue weighted by atomic mass is 10.2. The molecule has 0 aliphatic rings. The molecule has 2 aromatic rings.